The van der Waals surface area contributed by atoms with Crippen LogP contribution in [0.25, 0.3) is 11.1 Å². The Labute approximate surface area is 297 Å². The zero-order chi connectivity index (χ0) is 35.9. The molecular weight excluding hydrogens is 626 g/mol. The summed E-state index contributed by atoms with van der Waals surface area (Å²) in [5.74, 6) is 0.955. The third-order valence-electron chi connectivity index (χ3n) is 11.2. The van der Waals surface area contributed by atoms with E-state index in [-0.39, 0.29) is 22.9 Å². The summed E-state index contributed by atoms with van der Waals surface area (Å²) in [5.41, 5.74) is 7.09. The average Bonchev–Trinajstić information content (AvgIpc) is 3.60. The lowest BCUT2D eigenvalue weighted by atomic mass is 9.84. The fraction of sp³-hybridized carbons (Fsp3) is 0.537. The van der Waals surface area contributed by atoms with Gasteiger partial charge >= 0.3 is 0 Å². The predicted octanol–water partition coefficient (Wildman–Crippen LogP) is 6.38. The van der Waals surface area contributed by atoms with Crippen molar-refractivity contribution in [2.24, 2.45) is 18.4 Å². The Morgan fingerprint density at radius 3 is 2.32 bits per heavy atom. The van der Waals surface area contributed by atoms with Gasteiger partial charge in [-0.2, -0.15) is 5.26 Å². The highest BCUT2D eigenvalue weighted by molar-refractivity contribution is 5.82. The molecule has 4 unspecified atom stereocenters. The summed E-state index contributed by atoms with van der Waals surface area (Å²) in [6, 6.07) is 16.2. The summed E-state index contributed by atoms with van der Waals surface area (Å²) in [6.45, 7) is 14.4. The lowest BCUT2D eigenvalue weighted by Crippen LogP contribution is -2.67. The number of carbonyl (C=O) groups is 1. The summed E-state index contributed by atoms with van der Waals surface area (Å²) in [7, 11) is 5.20. The van der Waals surface area contributed by atoms with E-state index in [2.05, 4.69) is 73.0 Å². The third-order valence-corrected chi connectivity index (χ3v) is 11.2. The second-order valence-electron chi connectivity index (χ2n) is 15.9. The van der Waals surface area contributed by atoms with Crippen LogP contribution in [-0.4, -0.2) is 71.1 Å². The lowest BCUT2D eigenvalue weighted by Gasteiger charge is -2.56. The molecule has 4 aliphatic heterocycles. The molecule has 0 spiro atoms. The molecule has 4 atom stereocenters. The molecule has 9 heteroatoms. The van der Waals surface area contributed by atoms with Gasteiger partial charge in [0, 0.05) is 69.2 Å². The minimum atomic E-state index is -0.603. The summed E-state index contributed by atoms with van der Waals surface area (Å²) >= 11 is 0. The zero-order valence-electron chi connectivity index (χ0n) is 31.1. The highest BCUT2D eigenvalue weighted by atomic mass is 16.5. The van der Waals surface area contributed by atoms with Crippen LogP contribution >= 0.6 is 0 Å². The Hall–Kier alpha value is -4.13. The second-order valence-corrected chi connectivity index (χ2v) is 15.9. The van der Waals surface area contributed by atoms with E-state index in [1.165, 1.54) is 17.5 Å². The molecule has 9 nitrogen and oxygen atoms in total. The Kier molecular flexibility index (Phi) is 10.2. The first kappa shape index (κ1) is 35.7. The first-order valence-electron chi connectivity index (χ1n) is 18.0. The third kappa shape index (κ3) is 7.06. The summed E-state index contributed by atoms with van der Waals surface area (Å²) in [4.78, 5) is 33.1. The number of amides is 1. The molecule has 4 saturated heterocycles. The fourth-order valence-electron chi connectivity index (χ4n) is 8.44. The number of piperazine rings is 1. The van der Waals surface area contributed by atoms with Gasteiger partial charge in [0.15, 0.2) is 0 Å². The van der Waals surface area contributed by atoms with Crippen molar-refractivity contribution < 1.29 is 14.3 Å². The van der Waals surface area contributed by atoms with Gasteiger partial charge in [0.05, 0.1) is 31.9 Å². The van der Waals surface area contributed by atoms with E-state index in [4.69, 9.17) is 9.47 Å². The number of aromatic nitrogens is 1. The number of methoxy groups -OCH3 is 2. The number of pyridine rings is 1. The molecule has 7 rings (SSSR count). The van der Waals surface area contributed by atoms with Crippen LogP contribution in [0, 0.1) is 36.5 Å². The predicted molar refractivity (Wildman–Crippen MR) is 196 cm³/mol. The van der Waals surface area contributed by atoms with Crippen LogP contribution in [0.1, 0.15) is 80.3 Å². The number of aryl methyl sites for hydroxylation is 1. The van der Waals surface area contributed by atoms with Crippen LogP contribution in [0.5, 0.6) is 11.5 Å². The van der Waals surface area contributed by atoms with E-state index in [0.717, 1.165) is 78.3 Å². The summed E-state index contributed by atoms with van der Waals surface area (Å²) < 4.78 is 13.5. The van der Waals surface area contributed by atoms with E-state index < -0.39 is 5.92 Å². The molecule has 5 heterocycles. The second kappa shape index (κ2) is 14.2. The van der Waals surface area contributed by atoms with E-state index in [0.29, 0.717) is 25.0 Å². The normalized spacial score (nSPS) is 21.4. The largest absolute Gasteiger partial charge is 0.496 e. The number of carbonyl (C=O) groups excluding carboxylic acids is 1. The molecule has 0 radical (unpaired) electrons. The lowest BCUT2D eigenvalue weighted by molar-refractivity contribution is -0.135. The molecule has 4 aliphatic rings. The van der Waals surface area contributed by atoms with Gasteiger partial charge in [-0.3, -0.25) is 19.4 Å². The van der Waals surface area contributed by atoms with Crippen LogP contribution < -0.4 is 15.0 Å². The molecule has 0 N–H and O–H groups in total. The van der Waals surface area contributed by atoms with Crippen molar-refractivity contribution in [3.8, 4) is 28.7 Å². The van der Waals surface area contributed by atoms with Gasteiger partial charge in [0.1, 0.15) is 17.4 Å². The van der Waals surface area contributed by atoms with E-state index in [9.17, 15) is 14.9 Å². The van der Waals surface area contributed by atoms with Gasteiger partial charge in [-0.25, -0.2) is 0 Å². The molecule has 0 saturated carbocycles. The Balaban J connectivity index is 1.13. The van der Waals surface area contributed by atoms with E-state index >= 15 is 0 Å². The number of rotatable bonds is 10. The number of nitrogens with zero attached hydrogens (tertiary/aromatic N) is 5. The maximum Gasteiger partial charge on any atom is 0.253 e. The molecule has 266 valence electrons. The molecule has 50 heavy (non-hydrogen) atoms. The highest BCUT2D eigenvalue weighted by Gasteiger charge is 2.44. The number of nitriles is 1. The number of piperidine rings is 1. The fourth-order valence-corrected chi connectivity index (χ4v) is 8.44. The maximum absolute atomic E-state index is 13.5. The van der Waals surface area contributed by atoms with Gasteiger partial charge < -0.3 is 18.9 Å². The number of hydrogen-bond acceptors (Lipinski definition) is 7. The average molecular weight is 680 g/mol. The van der Waals surface area contributed by atoms with Crippen molar-refractivity contribution in [1.82, 2.24) is 19.3 Å². The molecule has 1 aromatic heterocycles. The van der Waals surface area contributed by atoms with Crippen LogP contribution in [-0.2, 0) is 24.9 Å². The number of benzene rings is 2. The Morgan fingerprint density at radius 1 is 1.02 bits per heavy atom. The number of hydrogen-bond donors (Lipinski definition) is 0. The van der Waals surface area contributed by atoms with Gasteiger partial charge in [0.25, 0.3) is 5.56 Å². The first-order valence-corrected chi connectivity index (χ1v) is 18.0. The first-order chi connectivity index (χ1) is 23.8. The van der Waals surface area contributed by atoms with Crippen molar-refractivity contribution in [2.75, 3.05) is 33.9 Å². The minimum absolute atomic E-state index is 0.0147. The Morgan fingerprint density at radius 2 is 1.70 bits per heavy atom. The molecule has 4 fully saturated rings. The van der Waals surface area contributed by atoms with Gasteiger partial charge in [-0.15, -0.1) is 0 Å². The number of fused-ring (bicyclic) bond motifs is 2. The molecule has 2 bridgehead atoms. The topological polar surface area (TPSA) is 91.0 Å². The van der Waals surface area contributed by atoms with E-state index in [1.807, 2.05) is 24.9 Å². The van der Waals surface area contributed by atoms with Gasteiger partial charge in [0.2, 0.25) is 5.91 Å². The Bertz CT molecular complexity index is 1820. The van der Waals surface area contributed by atoms with Crippen LogP contribution in [0.2, 0.25) is 0 Å². The summed E-state index contributed by atoms with van der Waals surface area (Å²) in [5, 5.41) is 9.84. The van der Waals surface area contributed by atoms with Crippen molar-refractivity contribution in [3.63, 3.8) is 0 Å². The monoisotopic (exact) mass is 679 g/mol. The van der Waals surface area contributed by atoms with E-state index in [1.54, 1.807) is 25.8 Å². The van der Waals surface area contributed by atoms with Gasteiger partial charge in [-0.05, 0) is 79.3 Å². The van der Waals surface area contributed by atoms with Crippen LogP contribution in [0.4, 0.5) is 0 Å². The van der Waals surface area contributed by atoms with Crippen molar-refractivity contribution in [1.29, 1.82) is 5.26 Å². The zero-order valence-corrected chi connectivity index (χ0v) is 31.1. The number of likely N-dealkylation sites (tertiary alicyclic amines) is 1. The number of ether oxygens (including phenoxy) is 2. The highest BCUT2D eigenvalue weighted by Crippen LogP contribution is 2.41. The standard InChI is InChI=1S/C41H53N5O4/c1-26-27(2)39(47)43(6)24-34(26)30-16-37(49-7)35(38(17-30)50-8)25-44-22-32-18-33(23-44)46(32)21-28-11-9-12-29(15-28)36-13-10-14-45(36)40(48)31(20-42)19-41(3,4)5/h9,11-12,15-17,24,31-33,36H,10,13-14,18-19,21-23,25H2,1-8H3. The molecule has 3 aromatic rings. The SMILES string of the molecule is COc1cc(-c2cn(C)c(=O)c(C)c2C)cc(OC)c1CN1CC2CC(C1)N2Cc1cccc(C2CCCN2C(=O)C(C#N)CC(C)(C)C)c1. The molecular formula is C41H53N5O4. The maximum atomic E-state index is 13.5. The van der Waals surface area contributed by atoms with Crippen molar-refractivity contribution in [2.45, 2.75) is 91.5 Å². The molecule has 2 aromatic carbocycles. The molecule has 1 amide bonds. The van der Waals surface area contributed by atoms with Crippen LogP contribution in [0.3, 0.4) is 0 Å². The smallest absolute Gasteiger partial charge is 0.253 e. The molecule has 0 aliphatic carbocycles. The van der Waals surface area contributed by atoms with Crippen molar-refractivity contribution >= 4 is 5.91 Å². The van der Waals surface area contributed by atoms with Gasteiger partial charge in [-0.1, -0.05) is 45.0 Å². The van der Waals surface area contributed by atoms with Crippen molar-refractivity contribution in [3.05, 3.63) is 80.8 Å². The quantitative estimate of drug-likeness (QED) is 0.246. The summed E-state index contributed by atoms with van der Waals surface area (Å²) in [6.07, 6.45) is 5.56. The minimum Gasteiger partial charge on any atom is -0.496 e. The van der Waals surface area contributed by atoms with Crippen LogP contribution in [0.15, 0.2) is 47.4 Å².